The van der Waals surface area contributed by atoms with Gasteiger partial charge in [0.15, 0.2) is 6.61 Å². The smallest absolute Gasteiger partial charge is 0.262 e. The van der Waals surface area contributed by atoms with E-state index in [2.05, 4.69) is 37.2 Å². The van der Waals surface area contributed by atoms with Gasteiger partial charge < -0.3 is 10.1 Å². The Balaban J connectivity index is 1.62. The van der Waals surface area contributed by atoms with Crippen molar-refractivity contribution in [1.82, 2.24) is 0 Å². The van der Waals surface area contributed by atoms with Gasteiger partial charge in [-0.1, -0.05) is 58.4 Å². The van der Waals surface area contributed by atoms with Gasteiger partial charge in [0.2, 0.25) is 0 Å². The van der Waals surface area contributed by atoms with Crippen LogP contribution in [0.15, 0.2) is 81.7 Å². The number of ether oxygens (including phenoxy) is 1. The number of nitrogens with one attached hydrogen (secondary N) is 1. The number of hydrogen-bond donors (Lipinski definition) is 1. The summed E-state index contributed by atoms with van der Waals surface area (Å²) in [5, 5.41) is 2.80. The zero-order chi connectivity index (χ0) is 17.6. The molecular formula is C20H15Br2NO2. The third kappa shape index (κ3) is 4.94. The highest BCUT2D eigenvalue weighted by Gasteiger charge is 2.08. The maximum Gasteiger partial charge on any atom is 0.262 e. The number of anilines is 1. The van der Waals surface area contributed by atoms with Crippen molar-refractivity contribution in [2.75, 3.05) is 11.9 Å². The number of carbonyl (C=O) groups excluding carboxylic acids is 1. The summed E-state index contributed by atoms with van der Waals surface area (Å²) in [5.41, 5.74) is 2.93. The van der Waals surface area contributed by atoms with Gasteiger partial charge in [-0.3, -0.25) is 4.79 Å². The molecule has 1 N–H and O–H groups in total. The minimum atomic E-state index is -0.211. The Kier molecular flexibility index (Phi) is 5.89. The lowest BCUT2D eigenvalue weighted by Gasteiger charge is -2.10. The first kappa shape index (κ1) is 17.7. The molecule has 0 spiro atoms. The van der Waals surface area contributed by atoms with Gasteiger partial charge in [-0.05, 0) is 57.4 Å². The molecule has 126 valence electrons. The van der Waals surface area contributed by atoms with Crippen LogP contribution in [0.2, 0.25) is 0 Å². The molecule has 0 unspecified atom stereocenters. The Morgan fingerprint density at radius 1 is 0.880 bits per heavy atom. The first-order valence-corrected chi connectivity index (χ1v) is 9.23. The van der Waals surface area contributed by atoms with Crippen LogP contribution in [-0.2, 0) is 4.79 Å². The molecule has 0 aliphatic rings. The Hall–Kier alpha value is -2.11. The van der Waals surface area contributed by atoms with Crippen molar-refractivity contribution in [2.45, 2.75) is 0 Å². The molecule has 0 radical (unpaired) electrons. The summed E-state index contributed by atoms with van der Waals surface area (Å²) in [4.78, 5) is 12.0. The molecule has 0 saturated heterocycles. The molecule has 3 aromatic carbocycles. The molecule has 0 atom stereocenters. The van der Waals surface area contributed by atoms with Crippen molar-refractivity contribution in [3.8, 4) is 16.9 Å². The molecule has 0 aromatic heterocycles. The topological polar surface area (TPSA) is 38.3 Å². The van der Waals surface area contributed by atoms with E-state index in [4.69, 9.17) is 4.74 Å². The van der Waals surface area contributed by atoms with Crippen molar-refractivity contribution in [2.24, 2.45) is 0 Å². The van der Waals surface area contributed by atoms with Gasteiger partial charge in [-0.25, -0.2) is 0 Å². The van der Waals surface area contributed by atoms with Gasteiger partial charge in [-0.15, -0.1) is 0 Å². The number of hydrogen-bond acceptors (Lipinski definition) is 2. The highest BCUT2D eigenvalue weighted by atomic mass is 79.9. The summed E-state index contributed by atoms with van der Waals surface area (Å²) in [6.45, 7) is -0.0597. The summed E-state index contributed by atoms with van der Waals surface area (Å²) >= 11 is 6.88. The predicted octanol–water partition coefficient (Wildman–Crippen LogP) is 5.90. The number of halogens is 2. The van der Waals surface area contributed by atoms with Crippen LogP contribution in [0, 0.1) is 0 Å². The van der Waals surface area contributed by atoms with E-state index in [0.717, 1.165) is 25.8 Å². The van der Waals surface area contributed by atoms with E-state index in [1.165, 1.54) is 0 Å². The van der Waals surface area contributed by atoms with Gasteiger partial charge in [0.05, 0.1) is 4.47 Å². The summed E-state index contributed by atoms with van der Waals surface area (Å²) in [5.74, 6) is 0.418. The fraction of sp³-hybridized carbons (Fsp3) is 0.0500. The minimum Gasteiger partial charge on any atom is -0.483 e. The van der Waals surface area contributed by atoms with Crippen LogP contribution >= 0.6 is 31.9 Å². The maximum absolute atomic E-state index is 12.0. The number of benzene rings is 3. The zero-order valence-corrected chi connectivity index (χ0v) is 16.4. The van der Waals surface area contributed by atoms with Crippen molar-refractivity contribution in [1.29, 1.82) is 0 Å². The Morgan fingerprint density at radius 3 is 2.40 bits per heavy atom. The second-order valence-corrected chi connectivity index (χ2v) is 7.13. The Bertz CT molecular complexity index is 882. The molecule has 3 nitrogen and oxygen atoms in total. The standard InChI is InChI=1S/C20H15Br2NO2/c21-16-7-4-8-17(12-16)23-20(24)13-25-19-10-9-15(11-18(19)22)14-5-2-1-3-6-14/h1-12H,13H2,(H,23,24). The molecule has 3 rings (SSSR count). The SMILES string of the molecule is O=C(COc1ccc(-c2ccccc2)cc1Br)Nc1cccc(Br)c1. The minimum absolute atomic E-state index is 0.0597. The number of amides is 1. The van der Waals surface area contributed by atoms with E-state index in [1.807, 2.05) is 72.8 Å². The molecule has 0 bridgehead atoms. The second-order valence-electron chi connectivity index (χ2n) is 5.36. The highest BCUT2D eigenvalue weighted by Crippen LogP contribution is 2.30. The first-order valence-electron chi connectivity index (χ1n) is 7.65. The quantitative estimate of drug-likeness (QED) is 0.515. The second kappa shape index (κ2) is 8.32. The average Bonchev–Trinajstić information content (AvgIpc) is 2.61. The Labute approximate surface area is 163 Å². The monoisotopic (exact) mass is 459 g/mol. The molecule has 5 heteroatoms. The average molecular weight is 461 g/mol. The molecule has 0 saturated carbocycles. The molecule has 25 heavy (non-hydrogen) atoms. The van der Waals surface area contributed by atoms with Gasteiger partial charge in [0.25, 0.3) is 5.91 Å². The molecule has 0 aliphatic heterocycles. The summed E-state index contributed by atoms with van der Waals surface area (Å²) < 4.78 is 7.34. The Morgan fingerprint density at radius 2 is 1.68 bits per heavy atom. The van der Waals surface area contributed by atoms with E-state index in [9.17, 15) is 4.79 Å². The molecule has 0 heterocycles. The van der Waals surface area contributed by atoms with Crippen LogP contribution < -0.4 is 10.1 Å². The zero-order valence-electron chi connectivity index (χ0n) is 13.2. The van der Waals surface area contributed by atoms with Crippen molar-refractivity contribution in [3.63, 3.8) is 0 Å². The van der Waals surface area contributed by atoms with Crippen molar-refractivity contribution in [3.05, 3.63) is 81.7 Å². The van der Waals surface area contributed by atoms with Crippen LogP contribution in [-0.4, -0.2) is 12.5 Å². The van der Waals surface area contributed by atoms with Crippen molar-refractivity contribution < 1.29 is 9.53 Å². The van der Waals surface area contributed by atoms with Crippen LogP contribution in [0.5, 0.6) is 5.75 Å². The lowest BCUT2D eigenvalue weighted by atomic mass is 10.1. The summed E-state index contributed by atoms with van der Waals surface area (Å²) in [6.07, 6.45) is 0. The molecule has 0 fully saturated rings. The predicted molar refractivity (Wildman–Crippen MR) is 108 cm³/mol. The lowest BCUT2D eigenvalue weighted by Crippen LogP contribution is -2.20. The maximum atomic E-state index is 12.0. The third-order valence-corrected chi connectivity index (χ3v) is 4.62. The lowest BCUT2D eigenvalue weighted by molar-refractivity contribution is -0.118. The number of carbonyl (C=O) groups is 1. The summed E-state index contributed by atoms with van der Waals surface area (Å²) in [6, 6.07) is 23.3. The van der Waals surface area contributed by atoms with Crippen LogP contribution in [0.25, 0.3) is 11.1 Å². The fourth-order valence-corrected chi connectivity index (χ4v) is 3.23. The van der Waals surface area contributed by atoms with Crippen LogP contribution in [0.3, 0.4) is 0 Å². The largest absolute Gasteiger partial charge is 0.483 e. The van der Waals surface area contributed by atoms with E-state index in [1.54, 1.807) is 0 Å². The van der Waals surface area contributed by atoms with E-state index in [0.29, 0.717) is 5.75 Å². The molecular weight excluding hydrogens is 446 g/mol. The third-order valence-electron chi connectivity index (χ3n) is 3.51. The van der Waals surface area contributed by atoms with Crippen LogP contribution in [0.1, 0.15) is 0 Å². The molecule has 1 amide bonds. The molecule has 0 aliphatic carbocycles. The first-order chi connectivity index (χ1) is 12.1. The van der Waals surface area contributed by atoms with Gasteiger partial charge in [0, 0.05) is 10.2 Å². The highest BCUT2D eigenvalue weighted by molar-refractivity contribution is 9.10. The summed E-state index contributed by atoms with van der Waals surface area (Å²) in [7, 11) is 0. The normalized spacial score (nSPS) is 10.3. The van der Waals surface area contributed by atoms with Gasteiger partial charge >= 0.3 is 0 Å². The van der Waals surface area contributed by atoms with Gasteiger partial charge in [-0.2, -0.15) is 0 Å². The van der Waals surface area contributed by atoms with Crippen molar-refractivity contribution >= 4 is 43.5 Å². The van der Waals surface area contributed by atoms with E-state index >= 15 is 0 Å². The fourth-order valence-electron chi connectivity index (χ4n) is 2.33. The van der Waals surface area contributed by atoms with E-state index in [-0.39, 0.29) is 12.5 Å². The van der Waals surface area contributed by atoms with Crippen LogP contribution in [0.4, 0.5) is 5.69 Å². The molecule has 3 aromatic rings. The number of rotatable bonds is 5. The van der Waals surface area contributed by atoms with Gasteiger partial charge in [0.1, 0.15) is 5.75 Å². The van der Waals surface area contributed by atoms with E-state index < -0.39 is 0 Å².